The smallest absolute Gasteiger partial charge is 0.185 e. The Bertz CT molecular complexity index is 858. The Labute approximate surface area is 157 Å². The van der Waals surface area contributed by atoms with Gasteiger partial charge in [-0.2, -0.15) is 0 Å². The number of ketones is 1. The molecule has 126 valence electrons. The van der Waals surface area contributed by atoms with Crippen molar-refractivity contribution in [3.63, 3.8) is 0 Å². The van der Waals surface area contributed by atoms with Crippen LogP contribution in [0.3, 0.4) is 0 Å². The van der Waals surface area contributed by atoms with Crippen molar-refractivity contribution in [1.82, 2.24) is 4.90 Å². The molecule has 1 aliphatic carbocycles. The minimum atomic E-state index is 0.0464. The van der Waals surface area contributed by atoms with Crippen LogP contribution in [0, 0.1) is 0 Å². The minimum absolute atomic E-state index is 0.0464. The molecule has 0 radical (unpaired) electrons. The van der Waals surface area contributed by atoms with Gasteiger partial charge in [-0.3, -0.25) is 4.79 Å². The summed E-state index contributed by atoms with van der Waals surface area (Å²) in [5.74, 6) is 0.0464. The van der Waals surface area contributed by atoms with E-state index < -0.39 is 0 Å². The summed E-state index contributed by atoms with van der Waals surface area (Å²) < 4.78 is 0.983. The summed E-state index contributed by atoms with van der Waals surface area (Å²) in [6, 6.07) is 16.1. The van der Waals surface area contributed by atoms with E-state index in [1.165, 1.54) is 35.2 Å². The number of halogens is 1. The van der Waals surface area contributed by atoms with E-state index >= 15 is 0 Å². The van der Waals surface area contributed by atoms with E-state index in [9.17, 15) is 4.79 Å². The molecule has 0 spiro atoms. The Morgan fingerprint density at radius 1 is 1.00 bits per heavy atom. The van der Waals surface area contributed by atoms with E-state index in [0.717, 1.165) is 24.0 Å². The number of carbonyl (C=O) groups is 1. The maximum Gasteiger partial charge on any atom is 0.185 e. The van der Waals surface area contributed by atoms with Crippen LogP contribution in [0.2, 0.25) is 0 Å². The van der Waals surface area contributed by atoms with Gasteiger partial charge in [0.25, 0.3) is 0 Å². The number of rotatable bonds is 4. The molecule has 3 heteroatoms. The number of likely N-dealkylation sites (tertiary alicyclic amines) is 1. The third kappa shape index (κ3) is 3.34. The number of benzene rings is 2. The van der Waals surface area contributed by atoms with Crippen molar-refractivity contribution in [2.75, 3.05) is 13.1 Å². The molecule has 0 unspecified atom stereocenters. The molecule has 2 aromatic rings. The van der Waals surface area contributed by atoms with Crippen LogP contribution in [0.25, 0.3) is 5.57 Å². The van der Waals surface area contributed by atoms with Crippen LogP contribution in [0.5, 0.6) is 0 Å². The van der Waals surface area contributed by atoms with E-state index in [1.807, 2.05) is 30.3 Å². The number of fused-ring (bicyclic) bond motifs is 1. The van der Waals surface area contributed by atoms with Crippen LogP contribution in [-0.4, -0.2) is 23.8 Å². The summed E-state index contributed by atoms with van der Waals surface area (Å²) >= 11 is 3.41. The van der Waals surface area contributed by atoms with Crippen molar-refractivity contribution in [2.45, 2.75) is 19.3 Å². The molecule has 2 aliphatic rings. The minimum Gasteiger partial charge on any atom is -0.374 e. The maximum atomic E-state index is 12.5. The molecule has 2 nitrogen and oxygen atoms in total. The van der Waals surface area contributed by atoms with Crippen molar-refractivity contribution in [1.29, 1.82) is 0 Å². The van der Waals surface area contributed by atoms with E-state index in [4.69, 9.17) is 0 Å². The van der Waals surface area contributed by atoms with Crippen molar-refractivity contribution in [3.8, 4) is 0 Å². The molecular formula is C22H20BrNO. The van der Waals surface area contributed by atoms with Crippen molar-refractivity contribution in [2.24, 2.45) is 0 Å². The summed E-state index contributed by atoms with van der Waals surface area (Å²) in [4.78, 5) is 15.0. The van der Waals surface area contributed by atoms with E-state index in [1.54, 1.807) is 6.08 Å². The van der Waals surface area contributed by atoms with Gasteiger partial charge in [0.05, 0.1) is 0 Å². The zero-order valence-electron chi connectivity index (χ0n) is 14.0. The standard InChI is InChI=1S/C22H20BrNO/c23-18-9-7-16(8-10-18)22(25)12-11-20-19-6-2-1-5-17(19)15-21(20)24-13-3-4-14-24/h1-2,5-12H,3-4,13-15H2/b12-11-. The molecule has 1 aliphatic heterocycles. The van der Waals surface area contributed by atoms with Gasteiger partial charge in [-0.25, -0.2) is 0 Å². The molecule has 0 N–H and O–H groups in total. The van der Waals surface area contributed by atoms with E-state index in [0.29, 0.717) is 5.56 Å². The highest BCUT2D eigenvalue weighted by atomic mass is 79.9. The lowest BCUT2D eigenvalue weighted by atomic mass is 10.0. The Balaban J connectivity index is 1.66. The van der Waals surface area contributed by atoms with Crippen LogP contribution in [0.15, 0.2) is 70.9 Å². The second-order valence-electron chi connectivity index (χ2n) is 6.59. The van der Waals surface area contributed by atoms with Gasteiger partial charge in [0.2, 0.25) is 0 Å². The van der Waals surface area contributed by atoms with Gasteiger partial charge in [-0.15, -0.1) is 0 Å². The average molecular weight is 394 g/mol. The molecule has 1 saturated heterocycles. The maximum absolute atomic E-state index is 12.5. The highest BCUT2D eigenvalue weighted by Gasteiger charge is 2.25. The predicted octanol–water partition coefficient (Wildman–Crippen LogP) is 5.25. The van der Waals surface area contributed by atoms with Crippen LogP contribution in [-0.2, 0) is 6.42 Å². The molecule has 1 heterocycles. The molecule has 25 heavy (non-hydrogen) atoms. The first-order valence-electron chi connectivity index (χ1n) is 8.77. The Morgan fingerprint density at radius 2 is 1.72 bits per heavy atom. The predicted molar refractivity (Wildman–Crippen MR) is 105 cm³/mol. The van der Waals surface area contributed by atoms with Crippen LogP contribution >= 0.6 is 15.9 Å². The second kappa shape index (κ2) is 7.01. The third-order valence-electron chi connectivity index (χ3n) is 4.99. The fourth-order valence-electron chi connectivity index (χ4n) is 3.69. The number of nitrogens with zero attached hydrogens (tertiary/aromatic N) is 1. The molecule has 0 saturated carbocycles. The second-order valence-corrected chi connectivity index (χ2v) is 7.51. The lowest BCUT2D eigenvalue weighted by molar-refractivity contribution is 0.104. The molecule has 0 amide bonds. The summed E-state index contributed by atoms with van der Waals surface area (Å²) in [6.45, 7) is 2.25. The number of allylic oxidation sites excluding steroid dienone is 4. The molecule has 0 atom stereocenters. The average Bonchev–Trinajstić information content (AvgIpc) is 3.28. The fraction of sp³-hybridized carbons (Fsp3) is 0.227. The van der Waals surface area contributed by atoms with E-state index in [2.05, 4.69) is 45.1 Å². The number of hydrogen-bond donors (Lipinski definition) is 0. The highest BCUT2D eigenvalue weighted by molar-refractivity contribution is 9.10. The van der Waals surface area contributed by atoms with E-state index in [-0.39, 0.29) is 5.78 Å². The van der Waals surface area contributed by atoms with Crippen LogP contribution < -0.4 is 0 Å². The quantitative estimate of drug-likeness (QED) is 0.522. The van der Waals surface area contributed by atoms with Gasteiger partial charge in [0.1, 0.15) is 0 Å². The Morgan fingerprint density at radius 3 is 2.48 bits per heavy atom. The van der Waals surface area contributed by atoms with Crippen molar-refractivity contribution >= 4 is 27.3 Å². The molecular weight excluding hydrogens is 374 g/mol. The Hall–Kier alpha value is -2.13. The first kappa shape index (κ1) is 16.3. The van der Waals surface area contributed by atoms with Gasteiger partial charge in [-0.05, 0) is 60.4 Å². The fourth-order valence-corrected chi connectivity index (χ4v) is 3.96. The highest BCUT2D eigenvalue weighted by Crippen LogP contribution is 2.36. The zero-order valence-corrected chi connectivity index (χ0v) is 15.6. The van der Waals surface area contributed by atoms with Gasteiger partial charge in [0, 0.05) is 40.8 Å². The first-order valence-corrected chi connectivity index (χ1v) is 9.56. The Kier molecular flexibility index (Phi) is 4.58. The molecule has 4 rings (SSSR count). The molecule has 0 aromatic heterocycles. The summed E-state index contributed by atoms with van der Waals surface area (Å²) in [5, 5.41) is 0. The SMILES string of the molecule is O=C(/C=C\C1=C(N2CCCC2)Cc2ccccc21)c1ccc(Br)cc1. The lowest BCUT2D eigenvalue weighted by Crippen LogP contribution is -2.19. The molecule has 0 bridgehead atoms. The van der Waals surface area contributed by atoms with Crippen molar-refractivity contribution in [3.05, 3.63) is 87.5 Å². The first-order chi connectivity index (χ1) is 12.2. The summed E-state index contributed by atoms with van der Waals surface area (Å²) in [5.41, 5.74) is 5.93. The number of hydrogen-bond acceptors (Lipinski definition) is 2. The lowest BCUT2D eigenvalue weighted by Gasteiger charge is -2.20. The van der Waals surface area contributed by atoms with Gasteiger partial charge < -0.3 is 4.90 Å². The summed E-state index contributed by atoms with van der Waals surface area (Å²) in [7, 11) is 0. The van der Waals surface area contributed by atoms with Crippen LogP contribution in [0.4, 0.5) is 0 Å². The largest absolute Gasteiger partial charge is 0.374 e. The summed E-state index contributed by atoms with van der Waals surface area (Å²) in [6.07, 6.45) is 7.23. The zero-order chi connectivity index (χ0) is 17.2. The topological polar surface area (TPSA) is 20.3 Å². The molecule has 1 fully saturated rings. The van der Waals surface area contributed by atoms with Gasteiger partial charge in [0.15, 0.2) is 5.78 Å². The van der Waals surface area contributed by atoms with Crippen molar-refractivity contribution < 1.29 is 4.79 Å². The normalized spacial score (nSPS) is 16.8. The van der Waals surface area contributed by atoms with Gasteiger partial charge >= 0.3 is 0 Å². The third-order valence-corrected chi connectivity index (χ3v) is 5.52. The number of carbonyl (C=O) groups excluding carboxylic acids is 1. The van der Waals surface area contributed by atoms with Gasteiger partial charge in [-0.1, -0.05) is 40.2 Å². The van der Waals surface area contributed by atoms with Crippen LogP contribution in [0.1, 0.15) is 34.3 Å². The monoisotopic (exact) mass is 393 g/mol. The molecule has 2 aromatic carbocycles.